The van der Waals surface area contributed by atoms with Gasteiger partial charge in [-0.1, -0.05) is 48.9 Å². The van der Waals surface area contributed by atoms with Crippen LogP contribution in [-0.4, -0.2) is 35.4 Å². The van der Waals surface area contributed by atoms with Gasteiger partial charge in [-0.15, -0.1) is 10.2 Å². The molecule has 3 rings (SSSR count). The van der Waals surface area contributed by atoms with Gasteiger partial charge in [0.05, 0.1) is 12.2 Å². The van der Waals surface area contributed by atoms with Crippen molar-refractivity contribution >= 4 is 5.91 Å². The lowest BCUT2D eigenvalue weighted by Gasteiger charge is -2.15. The Kier molecular flexibility index (Phi) is 7.38. The number of carbonyl (C=O) groups is 1. The van der Waals surface area contributed by atoms with E-state index in [1.807, 2.05) is 61.5 Å². The van der Waals surface area contributed by atoms with Crippen LogP contribution in [0.5, 0.6) is 11.6 Å². The number of ether oxygens (including phenoxy) is 2. The van der Waals surface area contributed by atoms with E-state index in [2.05, 4.69) is 22.4 Å². The minimum absolute atomic E-state index is 0.195. The highest BCUT2D eigenvalue weighted by Crippen LogP contribution is 2.18. The molecule has 1 aromatic heterocycles. The molecule has 1 N–H and O–H groups in total. The van der Waals surface area contributed by atoms with Crippen molar-refractivity contribution in [1.29, 1.82) is 0 Å². The van der Waals surface area contributed by atoms with Gasteiger partial charge in [-0.25, -0.2) is 0 Å². The minimum Gasteiger partial charge on any atom is -0.481 e. The van der Waals surface area contributed by atoms with E-state index >= 15 is 0 Å². The van der Waals surface area contributed by atoms with Crippen molar-refractivity contribution in [1.82, 2.24) is 15.5 Å². The van der Waals surface area contributed by atoms with Gasteiger partial charge in [0.2, 0.25) is 5.88 Å². The molecule has 6 nitrogen and oxygen atoms in total. The molecule has 0 aliphatic rings. The molecule has 0 aliphatic carbocycles. The molecular formula is C24H27N3O3. The van der Waals surface area contributed by atoms with Crippen molar-refractivity contribution < 1.29 is 14.3 Å². The van der Waals surface area contributed by atoms with Crippen molar-refractivity contribution in [3.05, 3.63) is 71.8 Å². The summed E-state index contributed by atoms with van der Waals surface area (Å²) in [5.74, 6) is 0.898. The molecule has 0 radical (unpaired) electrons. The molecule has 1 unspecified atom stereocenters. The number of aryl methyl sites for hydroxylation is 2. The molecule has 156 valence electrons. The highest BCUT2D eigenvalue weighted by atomic mass is 16.5. The smallest absolute Gasteiger partial charge is 0.260 e. The van der Waals surface area contributed by atoms with E-state index in [9.17, 15) is 4.79 Å². The SMILES string of the molecule is CCc1ccc(OC(C)C(=O)NCCOc2ccc(-c3ccc(C)cc3)nn2)cc1. The number of carbonyl (C=O) groups excluding carboxylic acids is 1. The van der Waals surface area contributed by atoms with E-state index < -0.39 is 6.10 Å². The lowest BCUT2D eigenvalue weighted by atomic mass is 10.1. The fraction of sp³-hybridized carbons (Fsp3) is 0.292. The van der Waals surface area contributed by atoms with Crippen LogP contribution < -0.4 is 14.8 Å². The second-order valence-electron chi connectivity index (χ2n) is 7.02. The molecule has 0 bridgehead atoms. The Morgan fingerprint density at radius 1 is 1.00 bits per heavy atom. The monoisotopic (exact) mass is 405 g/mol. The largest absolute Gasteiger partial charge is 0.481 e. The number of benzene rings is 2. The normalized spacial score (nSPS) is 11.6. The van der Waals surface area contributed by atoms with Gasteiger partial charge in [-0.2, -0.15) is 0 Å². The average molecular weight is 405 g/mol. The third kappa shape index (κ3) is 6.04. The highest BCUT2D eigenvalue weighted by Gasteiger charge is 2.14. The van der Waals surface area contributed by atoms with Crippen LogP contribution >= 0.6 is 0 Å². The zero-order valence-electron chi connectivity index (χ0n) is 17.6. The minimum atomic E-state index is -0.592. The first-order valence-corrected chi connectivity index (χ1v) is 10.1. The van der Waals surface area contributed by atoms with Crippen molar-refractivity contribution in [2.75, 3.05) is 13.2 Å². The van der Waals surface area contributed by atoms with Gasteiger partial charge in [-0.3, -0.25) is 4.79 Å². The number of hydrogen-bond donors (Lipinski definition) is 1. The molecule has 0 fully saturated rings. The second-order valence-corrected chi connectivity index (χ2v) is 7.02. The predicted molar refractivity (Wildman–Crippen MR) is 117 cm³/mol. The Hall–Kier alpha value is -3.41. The third-order valence-corrected chi connectivity index (χ3v) is 4.65. The lowest BCUT2D eigenvalue weighted by molar-refractivity contribution is -0.127. The summed E-state index contributed by atoms with van der Waals surface area (Å²) in [6.07, 6.45) is 0.376. The first kappa shape index (κ1) is 21.3. The number of amides is 1. The van der Waals surface area contributed by atoms with E-state index in [1.54, 1.807) is 13.0 Å². The third-order valence-electron chi connectivity index (χ3n) is 4.65. The molecule has 0 spiro atoms. The number of nitrogens with zero attached hydrogens (tertiary/aromatic N) is 2. The van der Waals surface area contributed by atoms with E-state index in [1.165, 1.54) is 11.1 Å². The molecule has 1 atom stereocenters. The van der Waals surface area contributed by atoms with Crippen molar-refractivity contribution in [3.8, 4) is 22.9 Å². The molecular weight excluding hydrogens is 378 g/mol. The van der Waals surface area contributed by atoms with E-state index in [0.717, 1.165) is 17.7 Å². The van der Waals surface area contributed by atoms with Gasteiger partial charge in [-0.05, 0) is 44.0 Å². The van der Waals surface area contributed by atoms with Gasteiger partial charge in [0, 0.05) is 11.6 Å². The fourth-order valence-electron chi connectivity index (χ4n) is 2.81. The van der Waals surface area contributed by atoms with Gasteiger partial charge in [0.1, 0.15) is 12.4 Å². The Morgan fingerprint density at radius 3 is 2.37 bits per heavy atom. The summed E-state index contributed by atoms with van der Waals surface area (Å²) in [7, 11) is 0. The van der Waals surface area contributed by atoms with Crippen LogP contribution in [0, 0.1) is 6.92 Å². The molecule has 0 saturated heterocycles. The molecule has 6 heteroatoms. The molecule has 30 heavy (non-hydrogen) atoms. The number of nitrogens with one attached hydrogen (secondary N) is 1. The van der Waals surface area contributed by atoms with Crippen LogP contribution in [0.4, 0.5) is 0 Å². The van der Waals surface area contributed by atoms with E-state index in [4.69, 9.17) is 9.47 Å². The predicted octanol–water partition coefficient (Wildman–Crippen LogP) is 3.98. The van der Waals surface area contributed by atoms with E-state index in [-0.39, 0.29) is 5.91 Å². The summed E-state index contributed by atoms with van der Waals surface area (Å²) in [6, 6.07) is 19.5. The van der Waals surface area contributed by atoms with Crippen LogP contribution in [0.1, 0.15) is 25.0 Å². The summed E-state index contributed by atoms with van der Waals surface area (Å²) in [4.78, 5) is 12.2. The van der Waals surface area contributed by atoms with Gasteiger partial charge in [0.25, 0.3) is 5.91 Å². The first-order valence-electron chi connectivity index (χ1n) is 10.1. The Bertz CT molecular complexity index is 939. The Balaban J connectivity index is 1.40. The van der Waals surface area contributed by atoms with Crippen molar-refractivity contribution in [3.63, 3.8) is 0 Å². The Morgan fingerprint density at radius 2 is 1.73 bits per heavy atom. The topological polar surface area (TPSA) is 73.3 Å². The Labute approximate surface area is 177 Å². The lowest BCUT2D eigenvalue weighted by Crippen LogP contribution is -2.38. The van der Waals surface area contributed by atoms with Gasteiger partial charge < -0.3 is 14.8 Å². The van der Waals surface area contributed by atoms with Crippen LogP contribution in [0.3, 0.4) is 0 Å². The summed E-state index contributed by atoms with van der Waals surface area (Å²) >= 11 is 0. The van der Waals surface area contributed by atoms with Gasteiger partial charge in [0.15, 0.2) is 6.10 Å². The molecule has 3 aromatic rings. The molecule has 0 saturated carbocycles. The number of hydrogen-bond acceptors (Lipinski definition) is 5. The maximum absolute atomic E-state index is 12.2. The molecule has 1 amide bonds. The summed E-state index contributed by atoms with van der Waals surface area (Å²) in [5.41, 5.74) is 4.22. The van der Waals surface area contributed by atoms with E-state index in [0.29, 0.717) is 24.8 Å². The van der Waals surface area contributed by atoms with Crippen molar-refractivity contribution in [2.24, 2.45) is 0 Å². The zero-order valence-corrected chi connectivity index (χ0v) is 17.6. The second kappa shape index (κ2) is 10.4. The molecule has 2 aromatic carbocycles. The van der Waals surface area contributed by atoms with Crippen molar-refractivity contribution in [2.45, 2.75) is 33.3 Å². The summed E-state index contributed by atoms with van der Waals surface area (Å²) in [5, 5.41) is 11.1. The first-order chi connectivity index (χ1) is 14.5. The highest BCUT2D eigenvalue weighted by molar-refractivity contribution is 5.80. The maximum Gasteiger partial charge on any atom is 0.260 e. The summed E-state index contributed by atoms with van der Waals surface area (Å²) in [6.45, 7) is 6.50. The number of aromatic nitrogens is 2. The van der Waals surface area contributed by atoms with Gasteiger partial charge >= 0.3 is 0 Å². The zero-order chi connectivity index (χ0) is 21.3. The maximum atomic E-state index is 12.2. The molecule has 1 heterocycles. The average Bonchev–Trinajstić information content (AvgIpc) is 2.78. The fourth-order valence-corrected chi connectivity index (χ4v) is 2.81. The van der Waals surface area contributed by atoms with Crippen LogP contribution in [0.15, 0.2) is 60.7 Å². The quantitative estimate of drug-likeness (QED) is 0.545. The molecule has 0 aliphatic heterocycles. The summed E-state index contributed by atoms with van der Waals surface area (Å²) < 4.78 is 11.2. The van der Waals surface area contributed by atoms with Crippen LogP contribution in [-0.2, 0) is 11.2 Å². The number of rotatable bonds is 9. The van der Waals surface area contributed by atoms with Crippen LogP contribution in [0.25, 0.3) is 11.3 Å². The van der Waals surface area contributed by atoms with Crippen LogP contribution in [0.2, 0.25) is 0 Å². The standard InChI is InChI=1S/C24H27N3O3/c1-4-19-7-11-21(12-8-19)30-18(3)24(28)25-15-16-29-23-14-13-22(26-27-23)20-9-5-17(2)6-10-20/h5-14,18H,4,15-16H2,1-3H3,(H,25,28).